The van der Waals surface area contributed by atoms with Gasteiger partial charge in [-0.3, -0.25) is 4.90 Å². The molecular weight excluding hydrogens is 348 g/mol. The molecule has 0 saturated carbocycles. The molecule has 0 bridgehead atoms. The average Bonchev–Trinajstić information content (AvgIpc) is 2.72. The maximum atomic E-state index is 9.23. The Kier molecular flexibility index (Phi) is 11.0. The number of guanidine groups is 1. The van der Waals surface area contributed by atoms with E-state index < -0.39 is 0 Å². The first-order chi connectivity index (χ1) is 13.7. The SMILES string of the molecule is CCCC(CCO)CNC(=NCc1ccc(CN2CCCCC2)cc1)NCC. The largest absolute Gasteiger partial charge is 0.396 e. The first kappa shape index (κ1) is 22.7. The third kappa shape index (κ3) is 8.61. The van der Waals surface area contributed by atoms with Crippen molar-refractivity contribution in [3.8, 4) is 0 Å². The van der Waals surface area contributed by atoms with Crippen LogP contribution in [0.5, 0.6) is 0 Å². The van der Waals surface area contributed by atoms with E-state index in [1.165, 1.54) is 43.5 Å². The monoisotopic (exact) mass is 388 g/mol. The van der Waals surface area contributed by atoms with Crippen LogP contribution in [0, 0.1) is 5.92 Å². The zero-order valence-electron chi connectivity index (χ0n) is 17.9. The van der Waals surface area contributed by atoms with Crippen LogP contribution in [0.15, 0.2) is 29.3 Å². The Hall–Kier alpha value is -1.59. The molecule has 1 atom stereocenters. The summed E-state index contributed by atoms with van der Waals surface area (Å²) in [5, 5.41) is 16.0. The molecule has 0 radical (unpaired) electrons. The fraction of sp³-hybridized carbons (Fsp3) is 0.696. The summed E-state index contributed by atoms with van der Waals surface area (Å²) in [5.41, 5.74) is 2.63. The molecule has 3 N–H and O–H groups in total. The van der Waals surface area contributed by atoms with Crippen molar-refractivity contribution < 1.29 is 5.11 Å². The number of aliphatic hydroxyl groups is 1. The topological polar surface area (TPSA) is 59.9 Å². The van der Waals surface area contributed by atoms with E-state index >= 15 is 0 Å². The Labute approximate surface area is 171 Å². The molecule has 158 valence electrons. The van der Waals surface area contributed by atoms with Gasteiger partial charge in [-0.15, -0.1) is 0 Å². The van der Waals surface area contributed by atoms with Gasteiger partial charge in [0.15, 0.2) is 5.96 Å². The molecule has 0 amide bonds. The Morgan fingerprint density at radius 3 is 2.39 bits per heavy atom. The Bertz CT molecular complexity index is 546. The number of likely N-dealkylation sites (tertiary alicyclic amines) is 1. The summed E-state index contributed by atoms with van der Waals surface area (Å²) in [5.74, 6) is 1.35. The van der Waals surface area contributed by atoms with Crippen LogP contribution < -0.4 is 10.6 Å². The van der Waals surface area contributed by atoms with E-state index in [1.54, 1.807) is 0 Å². The summed E-state index contributed by atoms with van der Waals surface area (Å²) < 4.78 is 0. The Morgan fingerprint density at radius 1 is 1.04 bits per heavy atom. The van der Waals surface area contributed by atoms with Crippen molar-refractivity contribution in [3.05, 3.63) is 35.4 Å². The standard InChI is InChI=1S/C23H40N4O/c1-3-8-20(13-16-28)17-25-23(24-4-2)26-18-21-9-11-22(12-10-21)19-27-14-6-5-7-15-27/h9-12,20,28H,3-8,13-19H2,1-2H3,(H2,24,25,26). The summed E-state index contributed by atoms with van der Waals surface area (Å²) in [6.07, 6.45) is 7.18. The number of benzene rings is 1. The molecule has 1 aromatic rings. The number of hydrogen-bond donors (Lipinski definition) is 3. The van der Waals surface area contributed by atoms with E-state index in [0.717, 1.165) is 44.9 Å². The second kappa shape index (κ2) is 13.6. The summed E-state index contributed by atoms with van der Waals surface area (Å²) in [6.45, 7) is 10.5. The minimum Gasteiger partial charge on any atom is -0.396 e. The second-order valence-electron chi connectivity index (χ2n) is 7.90. The third-order valence-corrected chi connectivity index (χ3v) is 5.43. The van der Waals surface area contributed by atoms with Crippen LogP contribution >= 0.6 is 0 Å². The first-order valence-electron chi connectivity index (χ1n) is 11.2. The first-order valence-corrected chi connectivity index (χ1v) is 11.2. The van der Waals surface area contributed by atoms with E-state index in [1.807, 2.05) is 0 Å². The molecule has 28 heavy (non-hydrogen) atoms. The highest BCUT2D eigenvalue weighted by atomic mass is 16.3. The van der Waals surface area contributed by atoms with Gasteiger partial charge in [-0.1, -0.05) is 44.0 Å². The highest BCUT2D eigenvalue weighted by Crippen LogP contribution is 2.14. The second-order valence-corrected chi connectivity index (χ2v) is 7.90. The van der Waals surface area contributed by atoms with Gasteiger partial charge < -0.3 is 15.7 Å². The lowest BCUT2D eigenvalue weighted by Crippen LogP contribution is -2.40. The van der Waals surface area contributed by atoms with Crippen LogP contribution in [0.25, 0.3) is 0 Å². The maximum Gasteiger partial charge on any atom is 0.191 e. The van der Waals surface area contributed by atoms with Crippen LogP contribution in [0.1, 0.15) is 63.5 Å². The minimum absolute atomic E-state index is 0.254. The van der Waals surface area contributed by atoms with Crippen LogP contribution in [0.3, 0.4) is 0 Å². The Balaban J connectivity index is 1.85. The number of nitrogens with one attached hydrogen (secondary N) is 2. The van der Waals surface area contributed by atoms with Gasteiger partial charge in [0.1, 0.15) is 0 Å². The van der Waals surface area contributed by atoms with Gasteiger partial charge in [0.25, 0.3) is 0 Å². The van der Waals surface area contributed by atoms with Crippen molar-refractivity contribution in [2.24, 2.45) is 10.9 Å². The molecule has 1 heterocycles. The van der Waals surface area contributed by atoms with Gasteiger partial charge in [-0.2, -0.15) is 0 Å². The molecule has 2 rings (SSSR count). The van der Waals surface area contributed by atoms with Crippen molar-refractivity contribution in [2.75, 3.05) is 32.8 Å². The molecule has 1 aromatic carbocycles. The van der Waals surface area contributed by atoms with Crippen molar-refractivity contribution in [3.63, 3.8) is 0 Å². The summed E-state index contributed by atoms with van der Waals surface area (Å²) >= 11 is 0. The molecule has 0 aromatic heterocycles. The molecule has 1 aliphatic heterocycles. The molecular formula is C23H40N4O. The predicted octanol–water partition coefficient (Wildman–Crippen LogP) is 3.53. The van der Waals surface area contributed by atoms with E-state index in [-0.39, 0.29) is 6.61 Å². The maximum absolute atomic E-state index is 9.23. The predicted molar refractivity (Wildman–Crippen MR) is 118 cm³/mol. The van der Waals surface area contributed by atoms with Crippen LogP contribution in [0.4, 0.5) is 0 Å². The van der Waals surface area contributed by atoms with Crippen LogP contribution in [-0.2, 0) is 13.1 Å². The highest BCUT2D eigenvalue weighted by Gasteiger charge is 2.10. The molecule has 0 spiro atoms. The molecule has 0 aliphatic carbocycles. The normalized spacial score (nSPS) is 16.8. The molecule has 1 unspecified atom stereocenters. The van der Waals surface area contributed by atoms with Gasteiger partial charge in [-0.05, 0) is 62.7 Å². The van der Waals surface area contributed by atoms with E-state index in [4.69, 9.17) is 4.99 Å². The van der Waals surface area contributed by atoms with Gasteiger partial charge >= 0.3 is 0 Å². The number of rotatable bonds is 11. The Morgan fingerprint density at radius 2 is 1.75 bits per heavy atom. The van der Waals surface area contributed by atoms with E-state index in [9.17, 15) is 5.11 Å². The van der Waals surface area contributed by atoms with Gasteiger partial charge in [-0.25, -0.2) is 4.99 Å². The van der Waals surface area contributed by atoms with Crippen molar-refractivity contribution in [1.82, 2.24) is 15.5 Å². The average molecular weight is 389 g/mol. The summed E-state index contributed by atoms with van der Waals surface area (Å²) in [4.78, 5) is 7.30. The molecule has 1 aliphatic rings. The lowest BCUT2D eigenvalue weighted by atomic mass is 10.0. The number of piperidine rings is 1. The summed E-state index contributed by atoms with van der Waals surface area (Å²) in [7, 11) is 0. The fourth-order valence-corrected chi connectivity index (χ4v) is 3.82. The van der Waals surface area contributed by atoms with Gasteiger partial charge in [0.05, 0.1) is 6.54 Å². The van der Waals surface area contributed by atoms with Gasteiger partial charge in [0, 0.05) is 26.2 Å². The molecule has 5 heteroatoms. The van der Waals surface area contributed by atoms with Crippen molar-refractivity contribution in [1.29, 1.82) is 0 Å². The molecule has 1 fully saturated rings. The zero-order chi connectivity index (χ0) is 20.0. The minimum atomic E-state index is 0.254. The number of aliphatic imine (C=N–C) groups is 1. The third-order valence-electron chi connectivity index (χ3n) is 5.43. The number of nitrogens with zero attached hydrogens (tertiary/aromatic N) is 2. The molecule has 5 nitrogen and oxygen atoms in total. The quantitative estimate of drug-likeness (QED) is 0.401. The lowest BCUT2D eigenvalue weighted by Gasteiger charge is -2.26. The van der Waals surface area contributed by atoms with E-state index in [2.05, 4.69) is 53.6 Å². The van der Waals surface area contributed by atoms with Crippen molar-refractivity contribution >= 4 is 5.96 Å². The van der Waals surface area contributed by atoms with Crippen LogP contribution in [-0.4, -0.2) is 48.8 Å². The van der Waals surface area contributed by atoms with Crippen molar-refractivity contribution in [2.45, 2.75) is 65.5 Å². The fourth-order valence-electron chi connectivity index (χ4n) is 3.82. The smallest absolute Gasteiger partial charge is 0.191 e. The number of aliphatic hydroxyl groups excluding tert-OH is 1. The highest BCUT2D eigenvalue weighted by molar-refractivity contribution is 5.79. The zero-order valence-corrected chi connectivity index (χ0v) is 17.9. The lowest BCUT2D eigenvalue weighted by molar-refractivity contribution is 0.221. The van der Waals surface area contributed by atoms with Crippen LogP contribution in [0.2, 0.25) is 0 Å². The number of hydrogen-bond acceptors (Lipinski definition) is 3. The summed E-state index contributed by atoms with van der Waals surface area (Å²) in [6, 6.07) is 8.91. The molecule has 1 saturated heterocycles. The van der Waals surface area contributed by atoms with E-state index in [0.29, 0.717) is 12.5 Å². The van der Waals surface area contributed by atoms with Gasteiger partial charge in [0.2, 0.25) is 0 Å².